The second-order valence-corrected chi connectivity index (χ2v) is 5.60. The molecule has 130 valence electrons. The highest BCUT2D eigenvalue weighted by Gasteiger charge is 2.10. The first kappa shape index (κ1) is 18.3. The molecule has 0 saturated carbocycles. The number of ether oxygens (including phenoxy) is 2. The lowest BCUT2D eigenvalue weighted by Gasteiger charge is -2.17. The van der Waals surface area contributed by atoms with Gasteiger partial charge in [-0.1, -0.05) is 12.1 Å². The first-order valence-electron chi connectivity index (χ1n) is 7.75. The minimum Gasteiger partial charge on any atom is -0.493 e. The van der Waals surface area contributed by atoms with Gasteiger partial charge in [0.05, 0.1) is 32.4 Å². The minimum absolute atomic E-state index is 0.141. The summed E-state index contributed by atoms with van der Waals surface area (Å²) in [5.41, 5.74) is 2.14. The zero-order chi connectivity index (χ0) is 18.2. The lowest BCUT2D eigenvalue weighted by molar-refractivity contribution is -0.117. The normalized spacial score (nSPS) is 10.2. The summed E-state index contributed by atoms with van der Waals surface area (Å²) >= 11 is 0. The van der Waals surface area contributed by atoms with Crippen molar-refractivity contribution in [3.05, 3.63) is 53.6 Å². The van der Waals surface area contributed by atoms with Crippen LogP contribution in [0.15, 0.2) is 42.5 Å². The maximum absolute atomic E-state index is 12.2. The molecule has 2 aromatic carbocycles. The molecule has 6 nitrogen and oxygen atoms in total. The third kappa shape index (κ3) is 5.23. The van der Waals surface area contributed by atoms with E-state index in [2.05, 4.69) is 11.4 Å². The van der Waals surface area contributed by atoms with Crippen molar-refractivity contribution in [2.75, 3.05) is 33.1 Å². The number of hydrogen-bond acceptors (Lipinski definition) is 5. The Bertz CT molecular complexity index is 784. The van der Waals surface area contributed by atoms with E-state index < -0.39 is 0 Å². The van der Waals surface area contributed by atoms with Crippen molar-refractivity contribution < 1.29 is 14.3 Å². The molecule has 0 bridgehead atoms. The topological polar surface area (TPSA) is 74.6 Å². The van der Waals surface area contributed by atoms with Crippen LogP contribution in [0.2, 0.25) is 0 Å². The first-order valence-corrected chi connectivity index (χ1v) is 7.75. The van der Waals surface area contributed by atoms with E-state index in [1.165, 1.54) is 0 Å². The number of carbonyl (C=O) groups excluding carboxylic acids is 1. The predicted molar refractivity (Wildman–Crippen MR) is 95.7 cm³/mol. The van der Waals surface area contributed by atoms with Crippen LogP contribution in [0.1, 0.15) is 11.1 Å². The molecule has 0 radical (unpaired) electrons. The fourth-order valence-electron chi connectivity index (χ4n) is 2.46. The van der Waals surface area contributed by atoms with Gasteiger partial charge in [0.1, 0.15) is 0 Å². The van der Waals surface area contributed by atoms with Gasteiger partial charge >= 0.3 is 0 Å². The van der Waals surface area contributed by atoms with Gasteiger partial charge in [-0.05, 0) is 42.9 Å². The second kappa shape index (κ2) is 8.71. The summed E-state index contributed by atoms with van der Waals surface area (Å²) in [6.07, 6.45) is 0. The summed E-state index contributed by atoms with van der Waals surface area (Å²) in [6.45, 7) is 0.817. The van der Waals surface area contributed by atoms with Crippen molar-refractivity contribution in [2.24, 2.45) is 0 Å². The van der Waals surface area contributed by atoms with Gasteiger partial charge in [0.25, 0.3) is 0 Å². The van der Waals surface area contributed by atoms with Crippen LogP contribution in [0.4, 0.5) is 5.69 Å². The summed E-state index contributed by atoms with van der Waals surface area (Å²) in [4.78, 5) is 14.0. The zero-order valence-corrected chi connectivity index (χ0v) is 14.6. The quantitative estimate of drug-likeness (QED) is 0.839. The average Bonchev–Trinajstić information content (AvgIpc) is 2.61. The summed E-state index contributed by atoms with van der Waals surface area (Å²) in [5.74, 6) is 1.19. The van der Waals surface area contributed by atoms with Gasteiger partial charge in [-0.25, -0.2) is 0 Å². The van der Waals surface area contributed by atoms with E-state index in [-0.39, 0.29) is 12.5 Å². The van der Waals surface area contributed by atoms with E-state index in [9.17, 15) is 4.79 Å². The van der Waals surface area contributed by atoms with Crippen molar-refractivity contribution >= 4 is 11.6 Å². The largest absolute Gasteiger partial charge is 0.493 e. The number of nitriles is 1. The van der Waals surface area contributed by atoms with E-state index in [0.717, 1.165) is 5.56 Å². The monoisotopic (exact) mass is 339 g/mol. The smallest absolute Gasteiger partial charge is 0.238 e. The highest BCUT2D eigenvalue weighted by molar-refractivity contribution is 5.92. The summed E-state index contributed by atoms with van der Waals surface area (Å²) in [6, 6.07) is 14.6. The third-order valence-electron chi connectivity index (χ3n) is 3.59. The Morgan fingerprint density at radius 2 is 1.92 bits per heavy atom. The Labute approximate surface area is 147 Å². The van der Waals surface area contributed by atoms with Gasteiger partial charge in [0.15, 0.2) is 11.5 Å². The van der Waals surface area contributed by atoms with Crippen LogP contribution < -0.4 is 14.8 Å². The molecule has 0 aliphatic rings. The maximum atomic E-state index is 12.2. The Balaban J connectivity index is 1.94. The molecule has 1 amide bonds. The fourth-order valence-corrected chi connectivity index (χ4v) is 2.46. The molecule has 0 saturated heterocycles. The number of benzene rings is 2. The summed E-state index contributed by atoms with van der Waals surface area (Å²) in [5, 5.41) is 11.7. The van der Waals surface area contributed by atoms with Crippen LogP contribution in [0.5, 0.6) is 11.5 Å². The van der Waals surface area contributed by atoms with E-state index in [0.29, 0.717) is 29.3 Å². The second-order valence-electron chi connectivity index (χ2n) is 5.60. The van der Waals surface area contributed by atoms with Crippen LogP contribution in [-0.4, -0.2) is 38.6 Å². The van der Waals surface area contributed by atoms with Gasteiger partial charge in [0.2, 0.25) is 5.91 Å². The SMILES string of the molecule is COc1ccc(CN(C)CC(=O)Nc2cccc(C#N)c2)cc1OC. The molecular formula is C19H21N3O3. The lowest BCUT2D eigenvalue weighted by Crippen LogP contribution is -2.29. The molecule has 6 heteroatoms. The standard InChI is InChI=1S/C19H21N3O3/c1-22(12-15-7-8-17(24-2)18(10-15)25-3)13-19(23)21-16-6-4-5-14(9-16)11-20/h4-10H,12-13H2,1-3H3,(H,21,23). The molecule has 0 heterocycles. The molecule has 0 aliphatic heterocycles. The molecule has 0 aromatic heterocycles. The van der Waals surface area contributed by atoms with Crippen molar-refractivity contribution in [1.82, 2.24) is 4.90 Å². The molecule has 2 aromatic rings. The third-order valence-corrected chi connectivity index (χ3v) is 3.59. The lowest BCUT2D eigenvalue weighted by atomic mass is 10.2. The number of nitrogens with zero attached hydrogens (tertiary/aromatic N) is 2. The number of methoxy groups -OCH3 is 2. The van der Waals surface area contributed by atoms with Crippen LogP contribution in [0.3, 0.4) is 0 Å². The summed E-state index contributed by atoms with van der Waals surface area (Å²) in [7, 11) is 5.05. The van der Waals surface area contributed by atoms with E-state index >= 15 is 0 Å². The molecule has 0 spiro atoms. The number of hydrogen-bond donors (Lipinski definition) is 1. The van der Waals surface area contributed by atoms with Gasteiger partial charge in [-0.3, -0.25) is 9.69 Å². The van der Waals surface area contributed by atoms with Crippen LogP contribution in [-0.2, 0) is 11.3 Å². The average molecular weight is 339 g/mol. The van der Waals surface area contributed by atoms with Crippen LogP contribution in [0, 0.1) is 11.3 Å². The van der Waals surface area contributed by atoms with Gasteiger partial charge in [-0.2, -0.15) is 5.26 Å². The van der Waals surface area contributed by atoms with Gasteiger partial charge < -0.3 is 14.8 Å². The molecule has 0 atom stereocenters. The van der Waals surface area contributed by atoms with Crippen molar-refractivity contribution in [3.63, 3.8) is 0 Å². The highest BCUT2D eigenvalue weighted by atomic mass is 16.5. The Morgan fingerprint density at radius 3 is 2.60 bits per heavy atom. The predicted octanol–water partition coefficient (Wildman–Crippen LogP) is 2.65. The number of rotatable bonds is 7. The number of nitrogens with one attached hydrogen (secondary N) is 1. The molecule has 0 unspecified atom stereocenters. The Hall–Kier alpha value is -3.04. The van der Waals surface area contributed by atoms with Crippen LogP contribution >= 0.6 is 0 Å². The fraction of sp³-hybridized carbons (Fsp3) is 0.263. The van der Waals surface area contributed by atoms with Crippen molar-refractivity contribution in [1.29, 1.82) is 5.26 Å². The zero-order valence-electron chi connectivity index (χ0n) is 14.6. The van der Waals surface area contributed by atoms with Gasteiger partial charge in [0, 0.05) is 12.2 Å². The summed E-state index contributed by atoms with van der Waals surface area (Å²) < 4.78 is 10.5. The molecule has 2 rings (SSSR count). The van der Waals surface area contributed by atoms with Crippen LogP contribution in [0.25, 0.3) is 0 Å². The minimum atomic E-state index is -0.141. The molecule has 25 heavy (non-hydrogen) atoms. The van der Waals surface area contributed by atoms with E-state index in [1.807, 2.05) is 30.1 Å². The van der Waals surface area contributed by atoms with E-state index in [1.54, 1.807) is 38.5 Å². The molecule has 1 N–H and O–H groups in total. The molecule has 0 aliphatic carbocycles. The van der Waals surface area contributed by atoms with Crippen molar-refractivity contribution in [3.8, 4) is 17.6 Å². The Morgan fingerprint density at radius 1 is 1.16 bits per heavy atom. The number of amides is 1. The number of anilines is 1. The van der Waals surface area contributed by atoms with Gasteiger partial charge in [-0.15, -0.1) is 0 Å². The first-order chi connectivity index (χ1) is 12.0. The van der Waals surface area contributed by atoms with E-state index in [4.69, 9.17) is 14.7 Å². The maximum Gasteiger partial charge on any atom is 0.238 e. The highest BCUT2D eigenvalue weighted by Crippen LogP contribution is 2.27. The number of carbonyl (C=O) groups is 1. The van der Waals surface area contributed by atoms with Crippen molar-refractivity contribution in [2.45, 2.75) is 6.54 Å². The number of likely N-dealkylation sites (N-methyl/N-ethyl adjacent to an activating group) is 1. The Kier molecular flexibility index (Phi) is 6.38. The molecule has 0 fully saturated rings. The molecular weight excluding hydrogens is 318 g/mol.